The van der Waals surface area contributed by atoms with Crippen LogP contribution in [0, 0.1) is 0 Å². The molecule has 0 bridgehead atoms. The van der Waals surface area contributed by atoms with Crippen molar-refractivity contribution in [1.29, 1.82) is 0 Å². The van der Waals surface area contributed by atoms with Crippen LogP contribution in [0.1, 0.15) is 0 Å². The van der Waals surface area contributed by atoms with Crippen molar-refractivity contribution in [2.24, 2.45) is 0 Å². The number of hydrogen-bond donors (Lipinski definition) is 0. The van der Waals surface area contributed by atoms with Crippen LogP contribution in [0.5, 0.6) is 0 Å². The van der Waals surface area contributed by atoms with Crippen LogP contribution in [-0.4, -0.2) is 41.4 Å². The number of imidazole rings is 1. The Labute approximate surface area is 134 Å². The molecule has 0 N–H and O–H groups in total. The fourth-order valence-corrected chi connectivity index (χ4v) is 4.18. The van der Waals surface area contributed by atoms with Gasteiger partial charge in [-0.15, -0.1) is 5.10 Å². The third-order valence-electron chi connectivity index (χ3n) is 2.87. The van der Waals surface area contributed by atoms with E-state index in [0.717, 1.165) is 31.4 Å². The zero-order valence-electron chi connectivity index (χ0n) is 11.2. The SMILES string of the molecule is CN(C)S(=O)(=O)c1nn2cc(-c3ccc(Br)cc3)nc2s1. The van der Waals surface area contributed by atoms with E-state index in [1.165, 1.54) is 18.6 Å². The number of benzene rings is 1. The Bertz CT molecular complexity index is 866. The van der Waals surface area contributed by atoms with E-state index in [-0.39, 0.29) is 4.34 Å². The summed E-state index contributed by atoms with van der Waals surface area (Å²) in [6.07, 6.45) is 1.73. The molecule has 0 aliphatic rings. The summed E-state index contributed by atoms with van der Waals surface area (Å²) in [5, 5.41) is 4.10. The van der Waals surface area contributed by atoms with E-state index in [2.05, 4.69) is 26.0 Å². The van der Waals surface area contributed by atoms with E-state index in [4.69, 9.17) is 0 Å². The molecule has 0 unspecified atom stereocenters. The van der Waals surface area contributed by atoms with Crippen LogP contribution in [0.25, 0.3) is 16.2 Å². The maximum Gasteiger partial charge on any atom is 0.271 e. The average molecular weight is 387 g/mol. The fourth-order valence-electron chi connectivity index (χ4n) is 1.70. The monoisotopic (exact) mass is 386 g/mol. The molecule has 0 radical (unpaired) electrons. The van der Waals surface area contributed by atoms with Crippen molar-refractivity contribution in [3.8, 4) is 11.3 Å². The standard InChI is InChI=1S/C12H11BrN4O2S2/c1-16(2)21(18,19)12-15-17-7-10(14-11(17)20-12)8-3-5-9(13)6-4-8/h3-7H,1-2H3. The third kappa shape index (κ3) is 2.61. The summed E-state index contributed by atoms with van der Waals surface area (Å²) in [6, 6.07) is 7.73. The van der Waals surface area contributed by atoms with Crippen molar-refractivity contribution in [3.05, 3.63) is 34.9 Å². The lowest BCUT2D eigenvalue weighted by Crippen LogP contribution is -2.22. The lowest BCUT2D eigenvalue weighted by molar-refractivity contribution is 0.518. The van der Waals surface area contributed by atoms with Gasteiger partial charge in [-0.05, 0) is 12.1 Å². The third-order valence-corrected chi connectivity index (χ3v) is 6.48. The van der Waals surface area contributed by atoms with Gasteiger partial charge in [-0.1, -0.05) is 39.4 Å². The summed E-state index contributed by atoms with van der Waals surface area (Å²) >= 11 is 4.44. The van der Waals surface area contributed by atoms with Crippen LogP contribution in [0.4, 0.5) is 0 Å². The molecule has 21 heavy (non-hydrogen) atoms. The highest BCUT2D eigenvalue weighted by Gasteiger charge is 2.23. The van der Waals surface area contributed by atoms with Crippen LogP contribution < -0.4 is 0 Å². The summed E-state index contributed by atoms with van der Waals surface area (Å²) in [4.78, 5) is 4.98. The maximum absolute atomic E-state index is 12.0. The Balaban J connectivity index is 2.04. The summed E-state index contributed by atoms with van der Waals surface area (Å²) in [7, 11) is -0.560. The van der Waals surface area contributed by atoms with Gasteiger partial charge in [0.05, 0.1) is 11.9 Å². The maximum atomic E-state index is 12.0. The number of fused-ring (bicyclic) bond motifs is 1. The van der Waals surface area contributed by atoms with Gasteiger partial charge in [0, 0.05) is 24.1 Å². The molecule has 1 aromatic carbocycles. The van der Waals surface area contributed by atoms with Gasteiger partial charge in [-0.25, -0.2) is 22.2 Å². The van der Waals surface area contributed by atoms with Crippen molar-refractivity contribution < 1.29 is 8.42 Å². The second-order valence-corrected chi connectivity index (χ2v) is 8.71. The molecule has 0 spiro atoms. The summed E-state index contributed by atoms with van der Waals surface area (Å²) in [6.45, 7) is 0. The largest absolute Gasteiger partial charge is 0.271 e. The van der Waals surface area contributed by atoms with E-state index in [1.807, 2.05) is 24.3 Å². The molecule has 2 aromatic heterocycles. The zero-order chi connectivity index (χ0) is 15.2. The second-order valence-electron chi connectivity index (χ2n) is 4.52. The quantitative estimate of drug-likeness (QED) is 0.693. The average Bonchev–Trinajstić information content (AvgIpc) is 2.97. The summed E-state index contributed by atoms with van der Waals surface area (Å²) in [5.74, 6) is 0. The molecule has 3 rings (SSSR count). The molecular formula is C12H11BrN4O2S2. The van der Waals surface area contributed by atoms with Gasteiger partial charge < -0.3 is 0 Å². The molecule has 0 aliphatic heterocycles. The Morgan fingerprint density at radius 1 is 1.24 bits per heavy atom. The molecule has 0 atom stereocenters. The first-order chi connectivity index (χ1) is 9.88. The predicted molar refractivity (Wildman–Crippen MR) is 84.9 cm³/mol. The molecule has 110 valence electrons. The summed E-state index contributed by atoms with van der Waals surface area (Å²) < 4.78 is 27.7. The minimum absolute atomic E-state index is 0.0392. The second kappa shape index (κ2) is 5.16. The smallest absolute Gasteiger partial charge is 0.217 e. The highest BCUT2D eigenvalue weighted by atomic mass is 79.9. The predicted octanol–water partition coefficient (Wildman–Crippen LogP) is 2.47. The highest BCUT2D eigenvalue weighted by molar-refractivity contribution is 9.10. The van der Waals surface area contributed by atoms with Crippen molar-refractivity contribution in [1.82, 2.24) is 18.9 Å². The highest BCUT2D eigenvalue weighted by Crippen LogP contribution is 2.26. The fraction of sp³-hybridized carbons (Fsp3) is 0.167. The van der Waals surface area contributed by atoms with E-state index in [9.17, 15) is 8.42 Å². The number of nitrogens with zero attached hydrogens (tertiary/aromatic N) is 4. The van der Waals surface area contributed by atoms with Gasteiger partial charge in [0.1, 0.15) is 0 Å². The molecular weight excluding hydrogens is 376 g/mol. The van der Waals surface area contributed by atoms with Gasteiger partial charge in [0.25, 0.3) is 10.0 Å². The molecule has 0 amide bonds. The Morgan fingerprint density at radius 2 is 1.90 bits per heavy atom. The Morgan fingerprint density at radius 3 is 2.48 bits per heavy atom. The molecule has 0 saturated carbocycles. The molecule has 9 heteroatoms. The number of aromatic nitrogens is 3. The number of halogens is 1. The van der Waals surface area contributed by atoms with E-state index in [0.29, 0.717) is 4.96 Å². The molecule has 3 aromatic rings. The van der Waals surface area contributed by atoms with Crippen LogP contribution in [-0.2, 0) is 10.0 Å². The summed E-state index contributed by atoms with van der Waals surface area (Å²) in [5.41, 5.74) is 1.71. The van der Waals surface area contributed by atoms with Gasteiger partial charge in [0.15, 0.2) is 0 Å². The lowest BCUT2D eigenvalue weighted by Gasteiger charge is -2.06. The van der Waals surface area contributed by atoms with Crippen LogP contribution in [0.15, 0.2) is 39.3 Å². The van der Waals surface area contributed by atoms with Crippen LogP contribution in [0.2, 0.25) is 0 Å². The zero-order valence-corrected chi connectivity index (χ0v) is 14.4. The van der Waals surface area contributed by atoms with E-state index in [1.54, 1.807) is 6.20 Å². The van der Waals surface area contributed by atoms with Crippen molar-refractivity contribution in [2.75, 3.05) is 14.1 Å². The van der Waals surface area contributed by atoms with Crippen molar-refractivity contribution in [2.45, 2.75) is 4.34 Å². The van der Waals surface area contributed by atoms with E-state index >= 15 is 0 Å². The molecule has 6 nitrogen and oxygen atoms in total. The first-order valence-electron chi connectivity index (χ1n) is 5.92. The Kier molecular flexibility index (Phi) is 3.60. The van der Waals surface area contributed by atoms with Gasteiger partial charge >= 0.3 is 0 Å². The normalized spacial score (nSPS) is 12.4. The minimum atomic E-state index is -3.52. The Hall–Kier alpha value is -1.29. The van der Waals surface area contributed by atoms with Gasteiger partial charge in [0.2, 0.25) is 9.30 Å². The molecule has 0 fully saturated rings. The first kappa shape index (κ1) is 14.6. The van der Waals surface area contributed by atoms with Crippen LogP contribution in [0.3, 0.4) is 0 Å². The van der Waals surface area contributed by atoms with Crippen LogP contribution >= 0.6 is 27.3 Å². The lowest BCUT2D eigenvalue weighted by atomic mass is 10.2. The number of rotatable bonds is 3. The number of sulfonamides is 1. The van der Waals surface area contributed by atoms with E-state index < -0.39 is 10.0 Å². The topological polar surface area (TPSA) is 67.6 Å². The van der Waals surface area contributed by atoms with Gasteiger partial charge in [-0.2, -0.15) is 0 Å². The first-order valence-corrected chi connectivity index (χ1v) is 8.97. The molecule has 0 aliphatic carbocycles. The van der Waals surface area contributed by atoms with Crippen molar-refractivity contribution in [3.63, 3.8) is 0 Å². The minimum Gasteiger partial charge on any atom is -0.217 e. The molecule has 2 heterocycles. The van der Waals surface area contributed by atoms with Gasteiger partial charge in [-0.3, -0.25) is 0 Å². The molecule has 0 saturated heterocycles. The number of hydrogen-bond acceptors (Lipinski definition) is 5. The van der Waals surface area contributed by atoms with Crippen molar-refractivity contribution >= 4 is 42.3 Å².